The number of benzene rings is 2. The Bertz CT molecular complexity index is 1010. The van der Waals surface area contributed by atoms with Crippen molar-refractivity contribution < 1.29 is 38.3 Å². The molecule has 2 aromatic carbocycles. The zero-order valence-electron chi connectivity index (χ0n) is 22.9. The van der Waals surface area contributed by atoms with E-state index in [1.165, 1.54) is 43.9 Å². The maximum Gasteiger partial charge on any atom is 1.00 e. The third-order valence-corrected chi connectivity index (χ3v) is 7.87. The Morgan fingerprint density at radius 3 is 2.49 bits per heavy atom. The zero-order chi connectivity index (χ0) is 25.9. The molecule has 7 heteroatoms. The first-order chi connectivity index (χ1) is 17.4. The number of hydrogen-bond acceptors (Lipinski definition) is 5. The summed E-state index contributed by atoms with van der Waals surface area (Å²) in [4.78, 5) is 24.8. The normalized spacial score (nSPS) is 15.4. The molecule has 1 aliphatic carbocycles. The van der Waals surface area contributed by atoms with Crippen LogP contribution >= 0.6 is 11.8 Å². The van der Waals surface area contributed by atoms with Crippen LogP contribution in [0.5, 0.6) is 0 Å². The molecule has 37 heavy (non-hydrogen) atoms. The first-order valence-electron chi connectivity index (χ1n) is 13.2. The van der Waals surface area contributed by atoms with Crippen molar-refractivity contribution in [2.24, 2.45) is 5.92 Å². The Morgan fingerprint density at radius 2 is 1.84 bits per heavy atom. The number of nitrogens with one attached hydrogen (secondary N) is 1. The van der Waals surface area contributed by atoms with Crippen molar-refractivity contribution >= 4 is 23.6 Å². The standard InChI is InChI=1S/C30H41NO4S.Li/c1-4-24(18-22-11-6-5-7-12-22)35-20-23-14-15-26(27(19-23)25-13-9-8-10-21(25)2)29(32)31-28(30(33)34)16-17-36-3;/h8-10,13-15,19,22,24,28H,4-7,11-12,16-18,20H2,1-3H3,(H,31,32)(H,33,34);/q;+1/p-1/t24-,28?;/m0./s1. The summed E-state index contributed by atoms with van der Waals surface area (Å²) in [6, 6.07) is 12.6. The van der Waals surface area contributed by atoms with Gasteiger partial charge >= 0.3 is 18.9 Å². The number of carbonyl (C=O) groups excluding carboxylic acids is 2. The summed E-state index contributed by atoms with van der Waals surface area (Å²) < 4.78 is 6.35. The van der Waals surface area contributed by atoms with Gasteiger partial charge in [-0.15, -0.1) is 0 Å². The van der Waals surface area contributed by atoms with Gasteiger partial charge in [-0.05, 0) is 78.5 Å². The van der Waals surface area contributed by atoms with Gasteiger partial charge in [0.05, 0.1) is 24.7 Å². The van der Waals surface area contributed by atoms with Crippen LogP contribution in [-0.2, 0) is 16.1 Å². The second-order valence-corrected chi connectivity index (χ2v) is 10.9. The quantitative estimate of drug-likeness (QED) is 0.413. The molecule has 1 aliphatic rings. The third-order valence-electron chi connectivity index (χ3n) is 7.23. The van der Waals surface area contributed by atoms with Crippen LogP contribution in [0.25, 0.3) is 11.1 Å². The molecule has 0 aliphatic heterocycles. The molecule has 0 spiro atoms. The molecule has 0 saturated heterocycles. The Kier molecular flexibility index (Phi) is 13.9. The molecular weight excluding hydrogens is 477 g/mol. The largest absolute Gasteiger partial charge is 1.00 e. The minimum Gasteiger partial charge on any atom is -0.548 e. The second kappa shape index (κ2) is 16.3. The summed E-state index contributed by atoms with van der Waals surface area (Å²) in [6.45, 7) is 4.69. The Balaban J connectivity index is 0.00000481. The average molecular weight is 518 g/mol. The number of ether oxygens (including phenoxy) is 1. The number of aryl methyl sites for hydroxylation is 1. The van der Waals surface area contributed by atoms with Crippen LogP contribution < -0.4 is 29.3 Å². The van der Waals surface area contributed by atoms with E-state index in [1.54, 1.807) is 6.07 Å². The van der Waals surface area contributed by atoms with Crippen LogP contribution in [0.4, 0.5) is 0 Å². The number of thioether (sulfide) groups is 1. The van der Waals surface area contributed by atoms with E-state index in [4.69, 9.17) is 4.74 Å². The SMILES string of the molecule is CC[C@@H](CC1CCCCC1)OCc1ccc(C(=O)NC(CCSC)C(=O)[O-])c(-c2ccccc2C)c1.[Li+]. The molecule has 5 nitrogen and oxygen atoms in total. The predicted octanol–water partition coefficient (Wildman–Crippen LogP) is 2.53. The van der Waals surface area contributed by atoms with Gasteiger partial charge in [-0.1, -0.05) is 69.4 Å². The molecule has 0 aromatic heterocycles. The molecule has 3 rings (SSSR count). The van der Waals surface area contributed by atoms with Crippen molar-refractivity contribution in [3.8, 4) is 11.1 Å². The third kappa shape index (κ3) is 9.52. The summed E-state index contributed by atoms with van der Waals surface area (Å²) in [7, 11) is 0. The summed E-state index contributed by atoms with van der Waals surface area (Å²) in [5, 5.41) is 14.3. The molecule has 0 heterocycles. The monoisotopic (exact) mass is 517 g/mol. The van der Waals surface area contributed by atoms with Gasteiger partial charge in [0, 0.05) is 5.56 Å². The van der Waals surface area contributed by atoms with Crippen molar-refractivity contribution in [3.63, 3.8) is 0 Å². The maximum absolute atomic E-state index is 13.2. The summed E-state index contributed by atoms with van der Waals surface area (Å²) >= 11 is 1.54. The number of carboxylic acids is 1. The molecule has 1 unspecified atom stereocenters. The summed E-state index contributed by atoms with van der Waals surface area (Å²) in [6.07, 6.45) is 11.2. The topological polar surface area (TPSA) is 78.5 Å². The fourth-order valence-electron chi connectivity index (χ4n) is 5.06. The van der Waals surface area contributed by atoms with Crippen molar-refractivity contribution in [1.29, 1.82) is 0 Å². The zero-order valence-corrected chi connectivity index (χ0v) is 23.7. The van der Waals surface area contributed by atoms with E-state index in [-0.39, 0.29) is 25.0 Å². The van der Waals surface area contributed by atoms with E-state index < -0.39 is 17.9 Å². The van der Waals surface area contributed by atoms with Crippen LogP contribution in [0.3, 0.4) is 0 Å². The summed E-state index contributed by atoms with van der Waals surface area (Å²) in [5.74, 6) is -0.275. The van der Waals surface area contributed by atoms with Gasteiger partial charge in [0.25, 0.3) is 5.91 Å². The second-order valence-electron chi connectivity index (χ2n) is 9.90. The molecular formula is C30H40LiNO4S. The number of hydrogen-bond donors (Lipinski definition) is 1. The van der Waals surface area contributed by atoms with Crippen LogP contribution in [0, 0.1) is 12.8 Å². The van der Waals surface area contributed by atoms with Gasteiger partial charge in [0.15, 0.2) is 0 Å². The van der Waals surface area contributed by atoms with E-state index >= 15 is 0 Å². The van der Waals surface area contributed by atoms with Crippen LogP contribution in [0.15, 0.2) is 42.5 Å². The molecule has 1 fully saturated rings. The van der Waals surface area contributed by atoms with Crippen molar-refractivity contribution in [2.45, 2.75) is 84.0 Å². The van der Waals surface area contributed by atoms with Gasteiger partial charge in [0.2, 0.25) is 0 Å². The van der Waals surface area contributed by atoms with E-state index in [2.05, 4.69) is 12.2 Å². The van der Waals surface area contributed by atoms with E-state index in [0.29, 0.717) is 24.3 Å². The molecule has 1 N–H and O–H groups in total. The van der Waals surface area contributed by atoms with Crippen LogP contribution in [-0.4, -0.2) is 36.0 Å². The minimum atomic E-state index is -1.26. The number of amides is 1. The molecule has 1 saturated carbocycles. The van der Waals surface area contributed by atoms with Gasteiger partial charge in [0.1, 0.15) is 0 Å². The molecule has 1 amide bonds. The van der Waals surface area contributed by atoms with Crippen LogP contribution in [0.2, 0.25) is 0 Å². The van der Waals surface area contributed by atoms with Gasteiger partial charge in [-0.25, -0.2) is 0 Å². The average Bonchev–Trinajstić information content (AvgIpc) is 2.89. The van der Waals surface area contributed by atoms with Crippen molar-refractivity contribution in [1.82, 2.24) is 5.32 Å². The fraction of sp³-hybridized carbons (Fsp3) is 0.533. The van der Waals surface area contributed by atoms with Crippen LogP contribution in [0.1, 0.15) is 79.8 Å². The van der Waals surface area contributed by atoms with E-state index in [0.717, 1.165) is 41.0 Å². The number of carboxylic acid groups (broad SMARTS) is 1. The van der Waals surface area contributed by atoms with Crippen molar-refractivity contribution in [2.75, 3.05) is 12.0 Å². The minimum absolute atomic E-state index is 0. The maximum atomic E-state index is 13.2. The van der Waals surface area contributed by atoms with E-state index in [9.17, 15) is 14.7 Å². The molecule has 0 radical (unpaired) electrons. The molecule has 196 valence electrons. The predicted molar refractivity (Wildman–Crippen MR) is 146 cm³/mol. The Hall–Kier alpha value is -1.71. The Morgan fingerprint density at radius 1 is 1.11 bits per heavy atom. The van der Waals surface area contributed by atoms with Gasteiger partial charge in [-0.3, -0.25) is 4.79 Å². The molecule has 2 atom stereocenters. The number of aliphatic carboxylic acids is 1. The number of rotatable bonds is 13. The molecule has 2 aromatic rings. The van der Waals surface area contributed by atoms with Gasteiger partial charge in [-0.2, -0.15) is 11.8 Å². The van der Waals surface area contributed by atoms with Gasteiger partial charge < -0.3 is 20.0 Å². The Labute approximate surface area is 238 Å². The summed E-state index contributed by atoms with van der Waals surface area (Å²) in [5.41, 5.74) is 4.25. The first kappa shape index (κ1) is 31.5. The fourth-order valence-corrected chi connectivity index (χ4v) is 5.53. The smallest absolute Gasteiger partial charge is 0.548 e. The number of carbonyl (C=O) groups is 2. The first-order valence-corrected chi connectivity index (χ1v) is 14.6. The van der Waals surface area contributed by atoms with E-state index in [1.807, 2.05) is 49.6 Å². The van der Waals surface area contributed by atoms with Crippen molar-refractivity contribution in [3.05, 3.63) is 59.2 Å². The molecule has 0 bridgehead atoms.